The van der Waals surface area contributed by atoms with Gasteiger partial charge < -0.3 is 20.8 Å². The van der Waals surface area contributed by atoms with Crippen LogP contribution in [0, 0.1) is 27.7 Å². The lowest BCUT2D eigenvalue weighted by Gasteiger charge is -2.11. The summed E-state index contributed by atoms with van der Waals surface area (Å²) in [6.45, 7) is 8.45. The third-order valence-corrected chi connectivity index (χ3v) is 5.49. The molecule has 6 nitrogen and oxygen atoms in total. The standard InChI is InChI=1S/2C14H15N.C4H4O4/c2*1-11-7-3-5-9-13(11)15-14-10-6-4-8-12(14)2;5-3(6)1-2-4(7)8/h2*3-10,15H,1-2H3;1-2H,(H,5,6)(H,7,8)/b;;2-1+. The minimum Gasteiger partial charge on any atom is -0.478 e. The first-order chi connectivity index (χ1) is 18.2. The van der Waals surface area contributed by atoms with Gasteiger partial charge in [-0.15, -0.1) is 0 Å². The monoisotopic (exact) mass is 510 g/mol. The Morgan fingerprint density at radius 3 is 0.868 bits per heavy atom. The summed E-state index contributed by atoms with van der Waals surface area (Å²) in [6.07, 6.45) is 1.12. The summed E-state index contributed by atoms with van der Waals surface area (Å²) in [6, 6.07) is 33.3. The van der Waals surface area contributed by atoms with Crippen molar-refractivity contribution in [1.29, 1.82) is 0 Å². The molecule has 0 atom stereocenters. The van der Waals surface area contributed by atoms with Gasteiger partial charge in [-0.05, 0) is 74.2 Å². The number of anilines is 4. The van der Waals surface area contributed by atoms with E-state index in [1.54, 1.807) is 0 Å². The van der Waals surface area contributed by atoms with Gasteiger partial charge in [0.05, 0.1) is 0 Å². The van der Waals surface area contributed by atoms with Crippen molar-refractivity contribution in [2.45, 2.75) is 27.7 Å². The average molecular weight is 511 g/mol. The fraction of sp³-hybridized carbons (Fsp3) is 0.125. The summed E-state index contributed by atoms with van der Waals surface area (Å²) in [5.41, 5.74) is 9.75. The lowest BCUT2D eigenvalue weighted by atomic mass is 10.1. The molecular formula is C32H34N2O4. The van der Waals surface area contributed by atoms with E-state index in [0.29, 0.717) is 12.2 Å². The zero-order chi connectivity index (χ0) is 27.9. The number of hydrogen-bond donors (Lipinski definition) is 4. The van der Waals surface area contributed by atoms with Crippen LogP contribution < -0.4 is 10.6 Å². The molecule has 0 unspecified atom stereocenters. The van der Waals surface area contributed by atoms with Crippen LogP contribution in [0.15, 0.2) is 109 Å². The van der Waals surface area contributed by atoms with Crippen LogP contribution in [-0.2, 0) is 9.59 Å². The molecule has 4 N–H and O–H groups in total. The lowest BCUT2D eigenvalue weighted by molar-refractivity contribution is -0.134. The van der Waals surface area contributed by atoms with Gasteiger partial charge in [0.1, 0.15) is 0 Å². The van der Waals surface area contributed by atoms with Gasteiger partial charge in [0, 0.05) is 34.9 Å². The van der Waals surface area contributed by atoms with Gasteiger partial charge in [0.15, 0.2) is 0 Å². The smallest absolute Gasteiger partial charge is 0.328 e. The number of para-hydroxylation sites is 4. The molecule has 6 heteroatoms. The van der Waals surface area contributed by atoms with Gasteiger partial charge in [-0.25, -0.2) is 9.59 Å². The molecule has 0 aromatic heterocycles. The van der Waals surface area contributed by atoms with Crippen molar-refractivity contribution in [3.8, 4) is 0 Å². The van der Waals surface area contributed by atoms with E-state index >= 15 is 0 Å². The van der Waals surface area contributed by atoms with Crippen molar-refractivity contribution in [2.24, 2.45) is 0 Å². The molecule has 0 bridgehead atoms. The fourth-order valence-corrected chi connectivity index (χ4v) is 3.29. The number of carboxylic acids is 2. The van der Waals surface area contributed by atoms with Crippen LogP contribution in [0.3, 0.4) is 0 Å². The summed E-state index contributed by atoms with van der Waals surface area (Å²) >= 11 is 0. The molecule has 0 saturated heterocycles. The van der Waals surface area contributed by atoms with Crippen molar-refractivity contribution in [2.75, 3.05) is 10.6 Å². The molecule has 4 rings (SSSR count). The zero-order valence-electron chi connectivity index (χ0n) is 22.1. The summed E-state index contributed by atoms with van der Waals surface area (Å²) < 4.78 is 0. The molecule has 0 aliphatic heterocycles. The Bertz CT molecular complexity index is 1190. The lowest BCUT2D eigenvalue weighted by Crippen LogP contribution is -1.94. The van der Waals surface area contributed by atoms with Crippen molar-refractivity contribution >= 4 is 34.7 Å². The van der Waals surface area contributed by atoms with E-state index in [-0.39, 0.29) is 0 Å². The Labute approximate surface area is 224 Å². The number of carboxylic acid groups (broad SMARTS) is 2. The van der Waals surface area contributed by atoms with E-state index in [9.17, 15) is 9.59 Å². The molecule has 4 aromatic carbocycles. The molecule has 196 valence electrons. The number of rotatable bonds is 6. The third kappa shape index (κ3) is 10.4. The molecule has 0 saturated carbocycles. The maximum Gasteiger partial charge on any atom is 0.328 e. The maximum absolute atomic E-state index is 9.55. The zero-order valence-corrected chi connectivity index (χ0v) is 22.1. The summed E-state index contributed by atoms with van der Waals surface area (Å²) in [5.74, 6) is -2.51. The number of aryl methyl sites for hydroxylation is 4. The number of carbonyl (C=O) groups is 2. The molecular weight excluding hydrogens is 476 g/mol. The molecule has 4 aromatic rings. The summed E-state index contributed by atoms with van der Waals surface area (Å²) in [4.78, 5) is 19.1. The first-order valence-electron chi connectivity index (χ1n) is 12.1. The Balaban J connectivity index is 0.000000211. The van der Waals surface area contributed by atoms with Gasteiger partial charge in [-0.1, -0.05) is 72.8 Å². The van der Waals surface area contributed by atoms with E-state index in [2.05, 4.69) is 111 Å². The average Bonchev–Trinajstić information content (AvgIpc) is 2.89. The molecule has 0 aliphatic rings. The van der Waals surface area contributed by atoms with Crippen LogP contribution in [0.5, 0.6) is 0 Å². The minimum absolute atomic E-state index is 0.558. The highest BCUT2D eigenvalue weighted by Crippen LogP contribution is 2.23. The first kappa shape index (κ1) is 29.4. The van der Waals surface area contributed by atoms with Gasteiger partial charge in [-0.3, -0.25) is 0 Å². The van der Waals surface area contributed by atoms with E-state index < -0.39 is 11.9 Å². The van der Waals surface area contributed by atoms with Crippen LogP contribution >= 0.6 is 0 Å². The largest absolute Gasteiger partial charge is 0.478 e. The highest BCUT2D eigenvalue weighted by molar-refractivity contribution is 5.89. The number of nitrogens with one attached hydrogen (secondary N) is 2. The Morgan fingerprint density at radius 2 is 0.684 bits per heavy atom. The molecule has 38 heavy (non-hydrogen) atoms. The predicted octanol–water partition coefficient (Wildman–Crippen LogP) is 7.81. The van der Waals surface area contributed by atoms with Crippen LogP contribution in [-0.4, -0.2) is 22.2 Å². The number of aliphatic carboxylic acids is 2. The fourth-order valence-electron chi connectivity index (χ4n) is 3.29. The normalized spacial score (nSPS) is 9.89. The van der Waals surface area contributed by atoms with Gasteiger partial charge in [0.25, 0.3) is 0 Å². The predicted molar refractivity (Wildman–Crippen MR) is 156 cm³/mol. The number of benzene rings is 4. The van der Waals surface area contributed by atoms with Crippen LogP contribution in [0.4, 0.5) is 22.7 Å². The Kier molecular flexibility index (Phi) is 11.8. The second kappa shape index (κ2) is 15.3. The highest BCUT2D eigenvalue weighted by atomic mass is 16.4. The first-order valence-corrected chi connectivity index (χ1v) is 12.1. The van der Waals surface area contributed by atoms with Crippen LogP contribution in [0.25, 0.3) is 0 Å². The highest BCUT2D eigenvalue weighted by Gasteiger charge is 2.00. The summed E-state index contributed by atoms with van der Waals surface area (Å²) in [7, 11) is 0. The van der Waals surface area contributed by atoms with E-state index in [1.807, 2.05) is 24.3 Å². The number of hydrogen-bond acceptors (Lipinski definition) is 4. The van der Waals surface area contributed by atoms with Crippen molar-refractivity contribution in [3.05, 3.63) is 131 Å². The van der Waals surface area contributed by atoms with E-state index in [4.69, 9.17) is 10.2 Å². The van der Waals surface area contributed by atoms with Crippen molar-refractivity contribution in [3.63, 3.8) is 0 Å². The van der Waals surface area contributed by atoms with Crippen LogP contribution in [0.1, 0.15) is 22.3 Å². The maximum atomic E-state index is 9.55. The molecule has 0 amide bonds. The van der Waals surface area contributed by atoms with Crippen LogP contribution in [0.2, 0.25) is 0 Å². The molecule has 0 aliphatic carbocycles. The SMILES string of the molecule is Cc1ccccc1Nc1ccccc1C.Cc1ccccc1Nc1ccccc1C.O=C(O)/C=C/C(=O)O. The van der Waals surface area contributed by atoms with Gasteiger partial charge in [0.2, 0.25) is 0 Å². The Morgan fingerprint density at radius 1 is 0.474 bits per heavy atom. The molecule has 0 spiro atoms. The second-order valence-corrected chi connectivity index (χ2v) is 8.52. The molecule has 0 heterocycles. The summed E-state index contributed by atoms with van der Waals surface area (Å²) in [5, 5.41) is 22.5. The topological polar surface area (TPSA) is 98.7 Å². The third-order valence-electron chi connectivity index (χ3n) is 5.49. The van der Waals surface area contributed by atoms with E-state index in [1.165, 1.54) is 45.0 Å². The van der Waals surface area contributed by atoms with Gasteiger partial charge in [-0.2, -0.15) is 0 Å². The Hall–Kier alpha value is -4.84. The van der Waals surface area contributed by atoms with Crippen molar-refractivity contribution in [1.82, 2.24) is 0 Å². The van der Waals surface area contributed by atoms with E-state index in [0.717, 1.165) is 0 Å². The minimum atomic E-state index is -1.26. The molecule has 0 fully saturated rings. The van der Waals surface area contributed by atoms with Gasteiger partial charge >= 0.3 is 11.9 Å². The quantitative estimate of drug-likeness (QED) is 0.198. The second-order valence-electron chi connectivity index (χ2n) is 8.52. The molecule has 0 radical (unpaired) electrons. The van der Waals surface area contributed by atoms with Crippen molar-refractivity contribution < 1.29 is 19.8 Å².